The smallest absolute Gasteiger partial charge is 0.223 e. The SMILES string of the molecule is O=C(CCOc1ccccc1Cl)NCc1ccc2c(c1)CNC2. The molecule has 1 aliphatic heterocycles. The van der Waals surface area contributed by atoms with Crippen LogP contribution in [0.5, 0.6) is 5.75 Å². The summed E-state index contributed by atoms with van der Waals surface area (Å²) in [5.74, 6) is 0.573. The van der Waals surface area contributed by atoms with Gasteiger partial charge in [-0.15, -0.1) is 0 Å². The van der Waals surface area contributed by atoms with Gasteiger partial charge in [0.15, 0.2) is 0 Å². The normalized spacial score (nSPS) is 12.7. The first-order valence-electron chi connectivity index (χ1n) is 7.68. The molecule has 0 radical (unpaired) electrons. The predicted molar refractivity (Wildman–Crippen MR) is 90.4 cm³/mol. The third-order valence-electron chi connectivity index (χ3n) is 3.81. The topological polar surface area (TPSA) is 50.4 Å². The first kappa shape index (κ1) is 15.8. The van der Waals surface area contributed by atoms with E-state index in [-0.39, 0.29) is 5.91 Å². The zero-order valence-electron chi connectivity index (χ0n) is 12.8. The lowest BCUT2D eigenvalue weighted by Crippen LogP contribution is -2.24. The van der Waals surface area contributed by atoms with Crippen molar-refractivity contribution in [2.24, 2.45) is 0 Å². The summed E-state index contributed by atoms with van der Waals surface area (Å²) in [6, 6.07) is 13.6. The van der Waals surface area contributed by atoms with Crippen LogP contribution in [0, 0.1) is 0 Å². The maximum atomic E-state index is 11.9. The van der Waals surface area contributed by atoms with Crippen molar-refractivity contribution in [2.75, 3.05) is 6.61 Å². The molecule has 0 aliphatic carbocycles. The summed E-state index contributed by atoms with van der Waals surface area (Å²) in [7, 11) is 0. The zero-order valence-corrected chi connectivity index (χ0v) is 13.5. The van der Waals surface area contributed by atoms with Gasteiger partial charge >= 0.3 is 0 Å². The van der Waals surface area contributed by atoms with Crippen LogP contribution < -0.4 is 15.4 Å². The lowest BCUT2D eigenvalue weighted by molar-refractivity contribution is -0.121. The van der Waals surface area contributed by atoms with Gasteiger partial charge in [0.2, 0.25) is 5.91 Å². The monoisotopic (exact) mass is 330 g/mol. The first-order valence-corrected chi connectivity index (χ1v) is 8.05. The molecular formula is C18H19ClN2O2. The molecule has 1 heterocycles. The van der Waals surface area contributed by atoms with Gasteiger partial charge in [-0.05, 0) is 28.8 Å². The number of amides is 1. The lowest BCUT2D eigenvalue weighted by atomic mass is 10.1. The third kappa shape index (κ3) is 4.24. The van der Waals surface area contributed by atoms with Crippen molar-refractivity contribution >= 4 is 17.5 Å². The average Bonchev–Trinajstić information content (AvgIpc) is 3.02. The maximum Gasteiger partial charge on any atom is 0.223 e. The second-order valence-corrected chi connectivity index (χ2v) is 5.92. The van der Waals surface area contributed by atoms with E-state index in [1.807, 2.05) is 12.1 Å². The Kier molecular flexibility index (Phi) is 5.16. The van der Waals surface area contributed by atoms with Crippen LogP contribution in [-0.2, 0) is 24.4 Å². The average molecular weight is 331 g/mol. The van der Waals surface area contributed by atoms with Crippen LogP contribution in [0.4, 0.5) is 0 Å². The Morgan fingerprint density at radius 3 is 2.87 bits per heavy atom. The molecule has 0 unspecified atom stereocenters. The number of carbonyl (C=O) groups is 1. The molecular weight excluding hydrogens is 312 g/mol. The van der Waals surface area contributed by atoms with Gasteiger partial charge in [0.25, 0.3) is 0 Å². The molecule has 2 N–H and O–H groups in total. The van der Waals surface area contributed by atoms with E-state index >= 15 is 0 Å². The summed E-state index contributed by atoms with van der Waals surface area (Å²) in [5, 5.41) is 6.79. The minimum absolute atomic E-state index is 0.0318. The van der Waals surface area contributed by atoms with Crippen molar-refractivity contribution in [3.63, 3.8) is 0 Å². The molecule has 2 aromatic rings. The van der Waals surface area contributed by atoms with Crippen LogP contribution in [0.2, 0.25) is 5.02 Å². The molecule has 120 valence electrons. The van der Waals surface area contributed by atoms with Gasteiger partial charge < -0.3 is 15.4 Å². The van der Waals surface area contributed by atoms with E-state index in [0.29, 0.717) is 30.3 Å². The predicted octanol–water partition coefficient (Wildman–Crippen LogP) is 3.03. The molecule has 1 amide bonds. The minimum Gasteiger partial charge on any atom is -0.491 e. The van der Waals surface area contributed by atoms with Gasteiger partial charge in [-0.1, -0.05) is 41.9 Å². The Morgan fingerprint density at radius 1 is 1.17 bits per heavy atom. The van der Waals surface area contributed by atoms with E-state index in [0.717, 1.165) is 18.7 Å². The molecule has 4 nitrogen and oxygen atoms in total. The number of nitrogens with one attached hydrogen (secondary N) is 2. The summed E-state index contributed by atoms with van der Waals surface area (Å²) in [4.78, 5) is 11.9. The number of fused-ring (bicyclic) bond motifs is 1. The fourth-order valence-electron chi connectivity index (χ4n) is 2.56. The van der Waals surface area contributed by atoms with Crippen molar-refractivity contribution in [1.29, 1.82) is 0 Å². The number of halogens is 1. The highest BCUT2D eigenvalue weighted by molar-refractivity contribution is 6.32. The fraction of sp³-hybridized carbons (Fsp3) is 0.278. The van der Waals surface area contributed by atoms with E-state index in [9.17, 15) is 4.79 Å². The number of hydrogen-bond acceptors (Lipinski definition) is 3. The van der Waals surface area contributed by atoms with Gasteiger partial charge in [0.05, 0.1) is 18.1 Å². The Morgan fingerprint density at radius 2 is 2.00 bits per heavy atom. The summed E-state index contributed by atoms with van der Waals surface area (Å²) >= 11 is 6.00. The van der Waals surface area contributed by atoms with E-state index in [1.54, 1.807) is 12.1 Å². The molecule has 0 aromatic heterocycles. The van der Waals surface area contributed by atoms with Crippen molar-refractivity contribution in [3.05, 3.63) is 64.2 Å². The van der Waals surface area contributed by atoms with Crippen molar-refractivity contribution < 1.29 is 9.53 Å². The number of rotatable bonds is 6. The molecule has 0 spiro atoms. The molecule has 0 saturated carbocycles. The summed E-state index contributed by atoms with van der Waals surface area (Å²) in [5.41, 5.74) is 3.78. The molecule has 3 rings (SSSR count). The Balaban J connectivity index is 1.42. The second-order valence-electron chi connectivity index (χ2n) is 5.51. The summed E-state index contributed by atoms with van der Waals surface area (Å²) < 4.78 is 5.52. The fourth-order valence-corrected chi connectivity index (χ4v) is 2.75. The lowest BCUT2D eigenvalue weighted by Gasteiger charge is -2.09. The highest BCUT2D eigenvalue weighted by Crippen LogP contribution is 2.23. The molecule has 1 aliphatic rings. The van der Waals surface area contributed by atoms with E-state index in [1.165, 1.54) is 11.1 Å². The van der Waals surface area contributed by atoms with E-state index < -0.39 is 0 Å². The van der Waals surface area contributed by atoms with Crippen molar-refractivity contribution in [1.82, 2.24) is 10.6 Å². The molecule has 23 heavy (non-hydrogen) atoms. The highest BCUT2D eigenvalue weighted by Gasteiger charge is 2.10. The largest absolute Gasteiger partial charge is 0.491 e. The van der Waals surface area contributed by atoms with Crippen LogP contribution in [0.25, 0.3) is 0 Å². The second kappa shape index (κ2) is 7.49. The quantitative estimate of drug-likeness (QED) is 0.856. The zero-order chi connectivity index (χ0) is 16.1. The molecule has 0 bridgehead atoms. The number of benzene rings is 2. The molecule has 2 aromatic carbocycles. The van der Waals surface area contributed by atoms with E-state index in [4.69, 9.17) is 16.3 Å². The van der Waals surface area contributed by atoms with Gasteiger partial charge in [0, 0.05) is 19.6 Å². The van der Waals surface area contributed by atoms with Gasteiger partial charge in [-0.3, -0.25) is 4.79 Å². The maximum absolute atomic E-state index is 11.9. The third-order valence-corrected chi connectivity index (χ3v) is 4.13. The molecule has 5 heteroatoms. The van der Waals surface area contributed by atoms with Crippen molar-refractivity contribution in [2.45, 2.75) is 26.1 Å². The number of ether oxygens (including phenoxy) is 1. The molecule has 0 saturated heterocycles. The Bertz CT molecular complexity index is 703. The van der Waals surface area contributed by atoms with Crippen LogP contribution in [0.3, 0.4) is 0 Å². The number of hydrogen-bond donors (Lipinski definition) is 2. The van der Waals surface area contributed by atoms with Crippen LogP contribution in [0.1, 0.15) is 23.1 Å². The number of carbonyl (C=O) groups excluding carboxylic acids is 1. The highest BCUT2D eigenvalue weighted by atomic mass is 35.5. The van der Waals surface area contributed by atoms with Gasteiger partial charge in [-0.2, -0.15) is 0 Å². The van der Waals surface area contributed by atoms with E-state index in [2.05, 4.69) is 28.8 Å². The molecule has 0 fully saturated rings. The molecule has 0 atom stereocenters. The van der Waals surface area contributed by atoms with Gasteiger partial charge in [-0.25, -0.2) is 0 Å². The Labute approximate surface area is 140 Å². The minimum atomic E-state index is -0.0318. The summed E-state index contributed by atoms with van der Waals surface area (Å²) in [6.07, 6.45) is 0.303. The van der Waals surface area contributed by atoms with Crippen LogP contribution >= 0.6 is 11.6 Å². The number of para-hydroxylation sites is 1. The van der Waals surface area contributed by atoms with Crippen molar-refractivity contribution in [3.8, 4) is 5.75 Å². The Hall–Kier alpha value is -2.04. The van der Waals surface area contributed by atoms with Crippen LogP contribution in [0.15, 0.2) is 42.5 Å². The van der Waals surface area contributed by atoms with Crippen LogP contribution in [-0.4, -0.2) is 12.5 Å². The first-order chi connectivity index (χ1) is 11.2. The van der Waals surface area contributed by atoms with Gasteiger partial charge in [0.1, 0.15) is 5.75 Å². The summed E-state index contributed by atoms with van der Waals surface area (Å²) in [6.45, 7) is 2.69. The standard InChI is InChI=1S/C18H19ClN2O2/c19-16-3-1-2-4-17(16)23-8-7-18(22)21-10-13-5-6-14-11-20-12-15(14)9-13/h1-6,9,20H,7-8,10-12H2,(H,21,22).